The Morgan fingerprint density at radius 3 is 1.77 bits per heavy atom. The van der Waals surface area contributed by atoms with E-state index in [1.165, 1.54) is 112 Å². The monoisotopic (exact) mass is 421 g/mol. The number of unbranched alkanes of at least 4 members (excludes halogenated alkanes) is 13. The van der Waals surface area contributed by atoms with Gasteiger partial charge in [0.1, 0.15) is 0 Å². The van der Waals surface area contributed by atoms with E-state index in [2.05, 4.69) is 54.0 Å². The van der Waals surface area contributed by atoms with Gasteiger partial charge in [-0.25, -0.2) is 0 Å². The molecule has 0 aliphatic heterocycles. The van der Waals surface area contributed by atoms with Crippen molar-refractivity contribution in [2.24, 2.45) is 0 Å². The Morgan fingerprint density at radius 1 is 0.613 bits per heavy atom. The van der Waals surface area contributed by atoms with Crippen LogP contribution < -0.4 is 0 Å². The van der Waals surface area contributed by atoms with Gasteiger partial charge in [-0.15, -0.1) is 0 Å². The molecule has 2 nitrogen and oxygen atoms in total. The average Bonchev–Trinajstić information content (AvgIpc) is 3.13. The van der Waals surface area contributed by atoms with Gasteiger partial charge in [0.25, 0.3) is 0 Å². The van der Waals surface area contributed by atoms with Gasteiger partial charge >= 0.3 is 0 Å². The first-order valence-electron chi connectivity index (χ1n) is 13.0. The van der Waals surface area contributed by atoms with E-state index in [9.17, 15) is 5.11 Å². The number of fused-ring (bicyclic) bond motifs is 3. The van der Waals surface area contributed by atoms with Gasteiger partial charge in [-0.3, -0.25) is 0 Å². The normalized spacial score (nSPS) is 11.7. The zero-order chi connectivity index (χ0) is 21.7. The molecule has 0 fully saturated rings. The van der Waals surface area contributed by atoms with Crippen LogP contribution in [0.15, 0.2) is 42.5 Å². The molecule has 1 heterocycles. The summed E-state index contributed by atoms with van der Waals surface area (Å²) in [5.74, 6) is 0. The third-order valence-electron chi connectivity index (χ3n) is 6.78. The van der Waals surface area contributed by atoms with Crippen molar-refractivity contribution in [2.75, 3.05) is 0 Å². The summed E-state index contributed by atoms with van der Waals surface area (Å²) in [5, 5.41) is 12.4. The summed E-state index contributed by atoms with van der Waals surface area (Å²) in [7, 11) is 0. The first-order chi connectivity index (χ1) is 15.4. The van der Waals surface area contributed by atoms with Crippen LogP contribution in [0.3, 0.4) is 0 Å². The third-order valence-corrected chi connectivity index (χ3v) is 6.78. The van der Waals surface area contributed by atoms with Crippen LogP contribution in [0, 0.1) is 0 Å². The summed E-state index contributed by atoms with van der Waals surface area (Å²) in [4.78, 5) is 0. The predicted molar refractivity (Wildman–Crippen MR) is 136 cm³/mol. The Bertz CT molecular complexity index is 894. The molecule has 0 spiro atoms. The Balaban J connectivity index is 1.36. The largest absolute Gasteiger partial charge is 0.392 e. The molecule has 2 aromatic carbocycles. The molecule has 1 N–H and O–H groups in total. The lowest BCUT2D eigenvalue weighted by Crippen LogP contribution is -2.00. The Kier molecular flexibility index (Phi) is 10.4. The molecule has 31 heavy (non-hydrogen) atoms. The van der Waals surface area contributed by atoms with E-state index >= 15 is 0 Å². The summed E-state index contributed by atoms with van der Waals surface area (Å²) < 4.78 is 2.44. The topological polar surface area (TPSA) is 25.2 Å². The van der Waals surface area contributed by atoms with Crippen LogP contribution in [-0.2, 0) is 13.2 Å². The van der Waals surface area contributed by atoms with Gasteiger partial charge < -0.3 is 9.67 Å². The second kappa shape index (κ2) is 13.6. The van der Waals surface area contributed by atoms with Crippen molar-refractivity contribution in [1.29, 1.82) is 0 Å². The molecule has 1 aromatic heterocycles. The zero-order valence-corrected chi connectivity index (χ0v) is 19.7. The number of benzene rings is 2. The van der Waals surface area contributed by atoms with Crippen LogP contribution in [0.25, 0.3) is 21.8 Å². The maximum atomic E-state index is 9.87. The highest BCUT2D eigenvalue weighted by Crippen LogP contribution is 2.31. The van der Waals surface area contributed by atoms with Gasteiger partial charge in [-0.1, -0.05) is 127 Å². The molecule has 0 aliphatic carbocycles. The number of aryl methyl sites for hydroxylation is 1. The minimum Gasteiger partial charge on any atom is -0.392 e. The number of hydrogen-bond donors (Lipinski definition) is 1. The van der Waals surface area contributed by atoms with E-state index in [4.69, 9.17) is 0 Å². The molecule has 0 amide bonds. The first-order valence-corrected chi connectivity index (χ1v) is 13.0. The Hall–Kier alpha value is -1.80. The van der Waals surface area contributed by atoms with Gasteiger partial charge in [0.05, 0.1) is 12.1 Å². The molecule has 0 radical (unpaired) electrons. The molecule has 0 atom stereocenters. The lowest BCUT2D eigenvalue weighted by atomic mass is 10.0. The van der Waals surface area contributed by atoms with Crippen molar-refractivity contribution in [3.8, 4) is 0 Å². The molecule has 0 saturated heterocycles. The average molecular weight is 422 g/mol. The van der Waals surface area contributed by atoms with Crippen LogP contribution in [0.5, 0.6) is 0 Å². The quantitative estimate of drug-likeness (QED) is 0.230. The fourth-order valence-electron chi connectivity index (χ4n) is 5.01. The molecule has 3 aromatic rings. The lowest BCUT2D eigenvalue weighted by molar-refractivity contribution is 0.283. The number of aromatic nitrogens is 1. The second-order valence-electron chi connectivity index (χ2n) is 9.24. The fraction of sp³-hybridized carbons (Fsp3) is 0.586. The Morgan fingerprint density at radius 2 is 1.16 bits per heavy atom. The van der Waals surface area contributed by atoms with Crippen LogP contribution in [0.4, 0.5) is 0 Å². The summed E-state index contributed by atoms with van der Waals surface area (Å²) >= 11 is 0. The van der Waals surface area contributed by atoms with Crippen LogP contribution in [-0.4, -0.2) is 9.67 Å². The van der Waals surface area contributed by atoms with E-state index in [-0.39, 0.29) is 6.61 Å². The molecule has 0 saturated carbocycles. The third kappa shape index (κ3) is 6.84. The number of nitrogens with zero attached hydrogens (tertiary/aromatic N) is 1. The molecule has 2 heteroatoms. The number of para-hydroxylation sites is 2. The SMILES string of the molecule is CCCCCCCCCCCCCCCCn1c2ccccc2c2cccc(CO)c21. The van der Waals surface area contributed by atoms with Crippen molar-refractivity contribution in [3.63, 3.8) is 0 Å². The van der Waals surface area contributed by atoms with Crippen molar-refractivity contribution < 1.29 is 5.11 Å². The van der Waals surface area contributed by atoms with E-state index in [0.717, 1.165) is 12.1 Å². The minimum absolute atomic E-state index is 0.104. The van der Waals surface area contributed by atoms with E-state index in [0.29, 0.717) is 0 Å². The highest BCUT2D eigenvalue weighted by atomic mass is 16.3. The maximum Gasteiger partial charge on any atom is 0.0702 e. The van der Waals surface area contributed by atoms with Gasteiger partial charge in [-0.05, 0) is 12.5 Å². The summed E-state index contributed by atoms with van der Waals surface area (Å²) in [6.07, 6.45) is 19.5. The van der Waals surface area contributed by atoms with Crippen molar-refractivity contribution in [3.05, 3.63) is 48.0 Å². The van der Waals surface area contributed by atoms with Crippen molar-refractivity contribution in [2.45, 2.75) is 110 Å². The predicted octanol–water partition coefficient (Wildman–Crippen LogP) is 8.77. The highest BCUT2D eigenvalue weighted by Gasteiger charge is 2.12. The minimum atomic E-state index is 0.104. The molecular formula is C29H43NO. The second-order valence-corrected chi connectivity index (χ2v) is 9.24. The van der Waals surface area contributed by atoms with Gasteiger partial charge in [-0.2, -0.15) is 0 Å². The molecule has 3 rings (SSSR count). The smallest absolute Gasteiger partial charge is 0.0702 e. The summed E-state index contributed by atoms with van der Waals surface area (Å²) in [6, 6.07) is 15.0. The number of aliphatic hydroxyl groups excluding tert-OH is 1. The molecule has 0 aliphatic rings. The van der Waals surface area contributed by atoms with Crippen molar-refractivity contribution in [1.82, 2.24) is 4.57 Å². The lowest BCUT2D eigenvalue weighted by Gasteiger charge is -2.10. The van der Waals surface area contributed by atoms with E-state index < -0.39 is 0 Å². The van der Waals surface area contributed by atoms with Crippen molar-refractivity contribution >= 4 is 21.8 Å². The zero-order valence-electron chi connectivity index (χ0n) is 19.7. The fourth-order valence-corrected chi connectivity index (χ4v) is 5.01. The Labute approximate surface area is 189 Å². The molecule has 0 bridgehead atoms. The molecule has 0 unspecified atom stereocenters. The van der Waals surface area contributed by atoms with E-state index in [1.807, 2.05) is 0 Å². The standard InChI is InChI=1S/C29H43NO/c1-2-3-4-5-6-7-8-9-10-11-12-13-14-17-23-30-28-22-16-15-20-26(28)27-21-18-19-25(24-31)29(27)30/h15-16,18-22,31H,2-14,17,23-24H2,1H3. The number of rotatable bonds is 16. The summed E-state index contributed by atoms with van der Waals surface area (Å²) in [5.41, 5.74) is 3.56. The molecular weight excluding hydrogens is 378 g/mol. The highest BCUT2D eigenvalue weighted by molar-refractivity contribution is 6.09. The molecule has 170 valence electrons. The first kappa shape index (κ1) is 23.9. The van der Waals surface area contributed by atoms with Crippen LogP contribution in [0.2, 0.25) is 0 Å². The number of hydrogen-bond acceptors (Lipinski definition) is 1. The van der Waals surface area contributed by atoms with E-state index in [1.54, 1.807) is 0 Å². The van der Waals surface area contributed by atoms with Gasteiger partial charge in [0.2, 0.25) is 0 Å². The maximum absolute atomic E-state index is 9.87. The van der Waals surface area contributed by atoms with Gasteiger partial charge in [0, 0.05) is 28.4 Å². The van der Waals surface area contributed by atoms with Gasteiger partial charge in [0.15, 0.2) is 0 Å². The number of aliphatic hydroxyl groups is 1. The van der Waals surface area contributed by atoms with Crippen LogP contribution in [0.1, 0.15) is 102 Å². The summed E-state index contributed by atoms with van der Waals surface area (Å²) in [6.45, 7) is 3.43. The van der Waals surface area contributed by atoms with Crippen LogP contribution >= 0.6 is 0 Å².